The van der Waals surface area contributed by atoms with E-state index < -0.39 is 4.92 Å². The predicted octanol–water partition coefficient (Wildman–Crippen LogP) is 4.55. The van der Waals surface area contributed by atoms with Crippen LogP contribution in [0.1, 0.15) is 12.5 Å². The summed E-state index contributed by atoms with van der Waals surface area (Å²) in [6, 6.07) is 9.46. The highest BCUT2D eigenvalue weighted by Gasteiger charge is 2.25. The number of ether oxygens (including phenoxy) is 2. The molecule has 0 aliphatic carbocycles. The fourth-order valence-corrected chi connectivity index (χ4v) is 3.53. The maximum atomic E-state index is 12.3. The lowest BCUT2D eigenvalue weighted by Crippen LogP contribution is -2.19. The van der Waals surface area contributed by atoms with E-state index in [9.17, 15) is 14.9 Å². The van der Waals surface area contributed by atoms with Crippen LogP contribution in [-0.2, 0) is 4.79 Å². The number of amidine groups is 1. The zero-order valence-electron chi connectivity index (χ0n) is 15.5. The van der Waals surface area contributed by atoms with E-state index in [2.05, 4.69) is 10.3 Å². The highest BCUT2D eigenvalue weighted by Crippen LogP contribution is 2.35. The Labute approximate surface area is 175 Å². The number of carbonyl (C=O) groups excluding carboxylic acids is 1. The van der Waals surface area contributed by atoms with Crippen molar-refractivity contribution >= 4 is 51.9 Å². The summed E-state index contributed by atoms with van der Waals surface area (Å²) < 4.78 is 10.8. The lowest BCUT2D eigenvalue weighted by atomic mass is 10.2. The van der Waals surface area contributed by atoms with E-state index in [1.54, 1.807) is 24.3 Å². The van der Waals surface area contributed by atoms with Crippen molar-refractivity contribution in [3.05, 3.63) is 62.0 Å². The maximum Gasteiger partial charge on any atom is 0.296 e. The number of nitrogens with one attached hydrogen (secondary N) is 1. The second-order valence-electron chi connectivity index (χ2n) is 5.72. The summed E-state index contributed by atoms with van der Waals surface area (Å²) in [5.41, 5.74) is 0.599. The number of benzene rings is 2. The van der Waals surface area contributed by atoms with Gasteiger partial charge in [-0.1, -0.05) is 17.7 Å². The van der Waals surface area contributed by atoms with E-state index >= 15 is 0 Å². The number of aliphatic imine (C=N–C) groups is 1. The quantitative estimate of drug-likeness (QED) is 0.407. The molecule has 0 radical (unpaired) electrons. The normalized spacial score (nSPS) is 16.2. The average molecular weight is 434 g/mol. The molecule has 0 spiro atoms. The number of nitrogens with zero attached hydrogens (tertiary/aromatic N) is 2. The fourth-order valence-electron chi connectivity index (χ4n) is 2.53. The lowest BCUT2D eigenvalue weighted by molar-refractivity contribution is -0.384. The molecule has 0 aromatic heterocycles. The van der Waals surface area contributed by atoms with Crippen LogP contribution < -0.4 is 14.8 Å². The molecular weight excluding hydrogens is 418 g/mol. The van der Waals surface area contributed by atoms with Gasteiger partial charge in [-0.25, -0.2) is 4.99 Å². The Bertz CT molecular complexity index is 1040. The number of nitro groups is 1. The SMILES string of the molecule is CCOc1ccc(/C=C2/SC(=Nc3ccc(Cl)cc3[N+](=O)[O-])NC2=O)cc1OC. The molecule has 8 nitrogen and oxygen atoms in total. The predicted molar refractivity (Wildman–Crippen MR) is 113 cm³/mol. The molecular formula is C19H16ClN3O5S. The number of thioether (sulfide) groups is 1. The molecule has 1 saturated heterocycles. The Morgan fingerprint density at radius 2 is 2.07 bits per heavy atom. The van der Waals surface area contributed by atoms with E-state index in [4.69, 9.17) is 21.1 Å². The molecule has 1 heterocycles. The van der Waals surface area contributed by atoms with Crippen molar-refractivity contribution in [2.24, 2.45) is 4.99 Å². The van der Waals surface area contributed by atoms with Gasteiger partial charge in [-0.15, -0.1) is 0 Å². The monoisotopic (exact) mass is 433 g/mol. The summed E-state index contributed by atoms with van der Waals surface area (Å²) in [4.78, 5) is 27.5. The van der Waals surface area contributed by atoms with Gasteiger partial charge in [0, 0.05) is 11.1 Å². The molecule has 1 N–H and O–H groups in total. The first-order valence-electron chi connectivity index (χ1n) is 8.45. The molecule has 10 heteroatoms. The molecule has 1 amide bonds. The molecule has 150 valence electrons. The van der Waals surface area contributed by atoms with Gasteiger partial charge < -0.3 is 14.8 Å². The van der Waals surface area contributed by atoms with Gasteiger partial charge in [0.1, 0.15) is 5.69 Å². The van der Waals surface area contributed by atoms with Crippen LogP contribution in [0.2, 0.25) is 5.02 Å². The van der Waals surface area contributed by atoms with Gasteiger partial charge in [-0.05, 0) is 54.6 Å². The third-order valence-corrected chi connectivity index (χ3v) is 4.94. The molecule has 2 aromatic rings. The molecule has 0 unspecified atom stereocenters. The fraction of sp³-hybridized carbons (Fsp3) is 0.158. The number of rotatable bonds is 6. The number of carbonyl (C=O) groups is 1. The first-order chi connectivity index (χ1) is 13.9. The number of hydrogen-bond donors (Lipinski definition) is 1. The molecule has 29 heavy (non-hydrogen) atoms. The van der Waals surface area contributed by atoms with Crippen molar-refractivity contribution in [2.45, 2.75) is 6.92 Å². The average Bonchev–Trinajstić information content (AvgIpc) is 3.03. The second kappa shape index (κ2) is 8.97. The van der Waals surface area contributed by atoms with Gasteiger partial charge in [-0.2, -0.15) is 0 Å². The van der Waals surface area contributed by atoms with Gasteiger partial charge in [-0.3, -0.25) is 14.9 Å². The summed E-state index contributed by atoms with van der Waals surface area (Å²) >= 11 is 6.90. The van der Waals surface area contributed by atoms with Crippen LogP contribution in [0, 0.1) is 10.1 Å². The molecule has 0 bridgehead atoms. The van der Waals surface area contributed by atoms with E-state index in [1.807, 2.05) is 6.92 Å². The van der Waals surface area contributed by atoms with Gasteiger partial charge in [0.25, 0.3) is 11.6 Å². The zero-order valence-corrected chi connectivity index (χ0v) is 17.0. The minimum atomic E-state index is -0.574. The largest absolute Gasteiger partial charge is 0.493 e. The minimum absolute atomic E-state index is 0.103. The van der Waals surface area contributed by atoms with Crippen molar-refractivity contribution in [3.8, 4) is 11.5 Å². The second-order valence-corrected chi connectivity index (χ2v) is 7.18. The number of methoxy groups -OCH3 is 1. The van der Waals surface area contributed by atoms with Crippen molar-refractivity contribution in [1.82, 2.24) is 5.32 Å². The molecule has 1 fully saturated rings. The molecule has 2 aromatic carbocycles. The summed E-state index contributed by atoms with van der Waals surface area (Å²) in [6.07, 6.45) is 1.68. The van der Waals surface area contributed by atoms with Crippen molar-refractivity contribution in [2.75, 3.05) is 13.7 Å². The van der Waals surface area contributed by atoms with Gasteiger partial charge in [0.2, 0.25) is 0 Å². The van der Waals surface area contributed by atoms with Crippen molar-refractivity contribution in [3.63, 3.8) is 0 Å². The number of hydrogen-bond acceptors (Lipinski definition) is 7. The summed E-state index contributed by atoms with van der Waals surface area (Å²) in [5.74, 6) is 0.812. The van der Waals surface area contributed by atoms with Crippen LogP contribution in [0.3, 0.4) is 0 Å². The smallest absolute Gasteiger partial charge is 0.296 e. The molecule has 0 saturated carbocycles. The van der Waals surface area contributed by atoms with Crippen molar-refractivity contribution < 1.29 is 19.2 Å². The molecule has 1 aliphatic heterocycles. The highest BCUT2D eigenvalue weighted by molar-refractivity contribution is 8.18. The van der Waals surface area contributed by atoms with Crippen LogP contribution in [0.25, 0.3) is 6.08 Å². The Morgan fingerprint density at radius 3 is 2.76 bits per heavy atom. The van der Waals surface area contributed by atoms with Crippen LogP contribution in [-0.4, -0.2) is 29.7 Å². The number of nitro benzene ring substituents is 1. The van der Waals surface area contributed by atoms with Crippen LogP contribution in [0.5, 0.6) is 11.5 Å². The van der Waals surface area contributed by atoms with Gasteiger partial charge in [0.05, 0.1) is 23.5 Å². The van der Waals surface area contributed by atoms with Crippen LogP contribution >= 0.6 is 23.4 Å². The third kappa shape index (κ3) is 4.87. The zero-order chi connectivity index (χ0) is 21.0. The lowest BCUT2D eigenvalue weighted by Gasteiger charge is -2.09. The van der Waals surface area contributed by atoms with Crippen LogP contribution in [0.15, 0.2) is 46.3 Å². The number of amides is 1. The first-order valence-corrected chi connectivity index (χ1v) is 9.65. The van der Waals surface area contributed by atoms with E-state index in [-0.39, 0.29) is 27.5 Å². The van der Waals surface area contributed by atoms with E-state index in [1.165, 1.54) is 25.3 Å². The Hall–Kier alpha value is -3.04. The maximum absolute atomic E-state index is 12.3. The minimum Gasteiger partial charge on any atom is -0.493 e. The van der Waals surface area contributed by atoms with Crippen LogP contribution in [0.4, 0.5) is 11.4 Å². The molecule has 0 atom stereocenters. The third-order valence-electron chi connectivity index (χ3n) is 3.79. The van der Waals surface area contributed by atoms with E-state index in [0.717, 1.165) is 17.3 Å². The Morgan fingerprint density at radius 1 is 1.28 bits per heavy atom. The summed E-state index contributed by atoms with van der Waals surface area (Å²) in [7, 11) is 1.54. The van der Waals surface area contributed by atoms with E-state index in [0.29, 0.717) is 23.0 Å². The highest BCUT2D eigenvalue weighted by atomic mass is 35.5. The molecule has 3 rings (SSSR count). The van der Waals surface area contributed by atoms with Gasteiger partial charge in [0.15, 0.2) is 16.7 Å². The topological polar surface area (TPSA) is 103 Å². The Kier molecular flexibility index (Phi) is 6.40. The number of halogens is 1. The summed E-state index contributed by atoms with van der Waals surface area (Å²) in [5, 5.41) is 14.3. The summed E-state index contributed by atoms with van der Waals surface area (Å²) in [6.45, 7) is 2.38. The Balaban J connectivity index is 1.87. The van der Waals surface area contributed by atoms with Crippen molar-refractivity contribution in [1.29, 1.82) is 0 Å². The molecule has 1 aliphatic rings. The first kappa shape index (κ1) is 20.7. The standard InChI is InChI=1S/C19H16ClN3O5S/c1-3-28-15-7-4-11(8-16(15)27-2)9-17-18(24)22-19(29-17)21-13-6-5-12(20)10-14(13)23(25)26/h4-10H,3H2,1-2H3,(H,21,22,24)/b17-9+. The van der Waals surface area contributed by atoms with Gasteiger partial charge >= 0.3 is 0 Å².